The van der Waals surface area contributed by atoms with E-state index in [4.69, 9.17) is 0 Å². The standard InChI is InChI=1S/C11H13NO2/c1-3-4-5-8-6-10(13)11(14)7-9(8)12-2/h3-7,12-13H,1-2H3/b4-3-,8-5-. The number of hydrogen-bond acceptors (Lipinski definition) is 3. The second-order valence-electron chi connectivity index (χ2n) is 2.85. The number of nitrogens with one attached hydrogen (secondary N) is 1. The minimum Gasteiger partial charge on any atom is -0.504 e. The second kappa shape index (κ2) is 4.46. The molecule has 0 heterocycles. The van der Waals surface area contributed by atoms with E-state index in [1.165, 1.54) is 12.2 Å². The van der Waals surface area contributed by atoms with Crippen molar-refractivity contribution in [3.8, 4) is 0 Å². The van der Waals surface area contributed by atoms with Gasteiger partial charge in [0.25, 0.3) is 0 Å². The highest BCUT2D eigenvalue weighted by Crippen LogP contribution is 2.17. The molecule has 0 bridgehead atoms. The van der Waals surface area contributed by atoms with Crippen molar-refractivity contribution < 1.29 is 9.90 Å². The van der Waals surface area contributed by atoms with Gasteiger partial charge in [0.05, 0.1) is 0 Å². The van der Waals surface area contributed by atoms with Crippen LogP contribution >= 0.6 is 0 Å². The van der Waals surface area contributed by atoms with Crippen molar-refractivity contribution in [3.05, 3.63) is 47.4 Å². The van der Waals surface area contributed by atoms with Gasteiger partial charge in [0.1, 0.15) is 0 Å². The van der Waals surface area contributed by atoms with Crippen molar-refractivity contribution in [1.82, 2.24) is 5.32 Å². The van der Waals surface area contributed by atoms with Gasteiger partial charge in [-0.05, 0) is 13.0 Å². The fourth-order valence-corrected chi connectivity index (χ4v) is 1.14. The van der Waals surface area contributed by atoms with Gasteiger partial charge in [-0.1, -0.05) is 18.2 Å². The van der Waals surface area contributed by atoms with Gasteiger partial charge in [-0.2, -0.15) is 0 Å². The summed E-state index contributed by atoms with van der Waals surface area (Å²) in [5, 5.41) is 12.1. The van der Waals surface area contributed by atoms with Gasteiger partial charge in [0, 0.05) is 24.4 Å². The molecule has 0 aliphatic heterocycles. The van der Waals surface area contributed by atoms with Crippen LogP contribution in [0.25, 0.3) is 0 Å². The van der Waals surface area contributed by atoms with Crippen LogP contribution < -0.4 is 5.32 Å². The van der Waals surface area contributed by atoms with Crippen LogP contribution in [-0.4, -0.2) is 17.9 Å². The zero-order valence-electron chi connectivity index (χ0n) is 8.24. The predicted molar refractivity (Wildman–Crippen MR) is 55.8 cm³/mol. The van der Waals surface area contributed by atoms with Gasteiger partial charge in [-0.25, -0.2) is 0 Å². The highest BCUT2D eigenvalue weighted by atomic mass is 16.3. The predicted octanol–water partition coefficient (Wildman–Crippen LogP) is 1.62. The fraction of sp³-hybridized carbons (Fsp3) is 0.182. The van der Waals surface area contributed by atoms with Crippen molar-refractivity contribution in [2.45, 2.75) is 6.92 Å². The molecule has 1 aliphatic carbocycles. The van der Waals surface area contributed by atoms with Crippen LogP contribution in [0.3, 0.4) is 0 Å². The maximum Gasteiger partial charge on any atom is 0.222 e. The molecule has 0 aromatic heterocycles. The first-order chi connectivity index (χ1) is 6.69. The molecule has 0 atom stereocenters. The number of allylic oxidation sites excluding steroid dienone is 5. The van der Waals surface area contributed by atoms with Crippen LogP contribution in [0.5, 0.6) is 0 Å². The summed E-state index contributed by atoms with van der Waals surface area (Å²) < 4.78 is 0. The van der Waals surface area contributed by atoms with E-state index in [9.17, 15) is 9.90 Å². The number of carbonyl (C=O) groups is 1. The minimum atomic E-state index is -0.369. The van der Waals surface area contributed by atoms with Gasteiger partial charge >= 0.3 is 0 Å². The van der Waals surface area contributed by atoms with E-state index in [-0.39, 0.29) is 11.5 Å². The van der Waals surface area contributed by atoms with E-state index in [2.05, 4.69) is 5.32 Å². The summed E-state index contributed by atoms with van der Waals surface area (Å²) in [6.45, 7) is 1.90. The van der Waals surface area contributed by atoms with E-state index >= 15 is 0 Å². The lowest BCUT2D eigenvalue weighted by molar-refractivity contribution is -0.113. The van der Waals surface area contributed by atoms with Crippen molar-refractivity contribution in [2.75, 3.05) is 7.05 Å². The number of ketones is 1. The Morgan fingerprint density at radius 2 is 2.14 bits per heavy atom. The molecule has 0 saturated carbocycles. The Bertz CT molecular complexity index is 359. The van der Waals surface area contributed by atoms with E-state index in [1.54, 1.807) is 7.05 Å². The van der Waals surface area contributed by atoms with Crippen LogP contribution in [-0.2, 0) is 4.79 Å². The Hall–Kier alpha value is -1.77. The molecular weight excluding hydrogens is 178 g/mol. The maximum atomic E-state index is 11.1. The van der Waals surface area contributed by atoms with Crippen LogP contribution in [0.4, 0.5) is 0 Å². The maximum absolute atomic E-state index is 11.1. The lowest BCUT2D eigenvalue weighted by Crippen LogP contribution is -2.15. The highest BCUT2D eigenvalue weighted by Gasteiger charge is 2.14. The first-order valence-corrected chi connectivity index (χ1v) is 4.37. The highest BCUT2D eigenvalue weighted by molar-refractivity contribution is 6.05. The molecule has 1 rings (SSSR count). The Kier molecular flexibility index (Phi) is 3.29. The summed E-state index contributed by atoms with van der Waals surface area (Å²) in [4.78, 5) is 11.1. The van der Waals surface area contributed by atoms with Gasteiger partial charge in [0.2, 0.25) is 5.78 Å². The number of likely N-dealkylation sites (N-methyl/N-ethyl adjacent to an activating group) is 1. The lowest BCUT2D eigenvalue weighted by Gasteiger charge is -2.12. The first kappa shape index (κ1) is 10.3. The van der Waals surface area contributed by atoms with Crippen LogP contribution in [0, 0.1) is 0 Å². The summed E-state index contributed by atoms with van der Waals surface area (Å²) in [5.74, 6) is -0.591. The summed E-state index contributed by atoms with van der Waals surface area (Å²) in [6.07, 6.45) is 8.38. The Labute approximate surface area is 83.1 Å². The molecule has 0 saturated heterocycles. The topological polar surface area (TPSA) is 49.3 Å². The summed E-state index contributed by atoms with van der Waals surface area (Å²) >= 11 is 0. The average molecular weight is 191 g/mol. The first-order valence-electron chi connectivity index (χ1n) is 4.37. The lowest BCUT2D eigenvalue weighted by atomic mass is 10.0. The Morgan fingerprint density at radius 1 is 1.43 bits per heavy atom. The second-order valence-corrected chi connectivity index (χ2v) is 2.85. The molecule has 0 aromatic carbocycles. The SMILES string of the molecule is C/C=C\C=C1\C=C(O)C(=O)C=C1NC. The number of aliphatic hydroxyl groups is 1. The van der Waals surface area contributed by atoms with Crippen LogP contribution in [0.15, 0.2) is 47.4 Å². The molecule has 0 fully saturated rings. The average Bonchev–Trinajstić information content (AvgIpc) is 2.19. The number of hydrogen-bond donors (Lipinski definition) is 2. The van der Waals surface area contributed by atoms with Gasteiger partial charge in [-0.3, -0.25) is 4.79 Å². The van der Waals surface area contributed by atoms with Gasteiger partial charge < -0.3 is 10.4 Å². The molecule has 1 aliphatic rings. The Morgan fingerprint density at radius 3 is 2.71 bits per heavy atom. The third-order valence-corrected chi connectivity index (χ3v) is 1.87. The normalized spacial score (nSPS) is 19.9. The van der Waals surface area contributed by atoms with E-state index < -0.39 is 0 Å². The fourth-order valence-electron chi connectivity index (χ4n) is 1.14. The molecule has 14 heavy (non-hydrogen) atoms. The molecule has 0 amide bonds. The molecular formula is C11H13NO2. The Balaban J connectivity index is 3.05. The quantitative estimate of drug-likeness (QED) is 0.697. The summed E-state index contributed by atoms with van der Waals surface area (Å²) in [6, 6.07) is 0. The summed E-state index contributed by atoms with van der Waals surface area (Å²) in [5.41, 5.74) is 1.51. The molecule has 3 heteroatoms. The smallest absolute Gasteiger partial charge is 0.222 e. The van der Waals surface area contributed by atoms with Crippen molar-refractivity contribution >= 4 is 5.78 Å². The number of carbonyl (C=O) groups excluding carboxylic acids is 1. The zero-order valence-corrected chi connectivity index (χ0v) is 8.24. The van der Waals surface area contributed by atoms with Crippen molar-refractivity contribution in [2.24, 2.45) is 0 Å². The summed E-state index contributed by atoms with van der Waals surface area (Å²) in [7, 11) is 1.73. The molecule has 0 radical (unpaired) electrons. The van der Waals surface area contributed by atoms with E-state index in [1.807, 2.05) is 25.2 Å². The van der Waals surface area contributed by atoms with Crippen molar-refractivity contribution in [3.63, 3.8) is 0 Å². The number of aliphatic hydroxyl groups excluding tert-OH is 1. The molecule has 74 valence electrons. The van der Waals surface area contributed by atoms with E-state index in [0.29, 0.717) is 5.70 Å². The third-order valence-electron chi connectivity index (χ3n) is 1.87. The molecule has 0 unspecified atom stereocenters. The van der Waals surface area contributed by atoms with Crippen LogP contribution in [0.1, 0.15) is 6.92 Å². The van der Waals surface area contributed by atoms with Crippen LogP contribution in [0.2, 0.25) is 0 Å². The number of rotatable bonds is 2. The molecule has 3 nitrogen and oxygen atoms in total. The monoisotopic (exact) mass is 191 g/mol. The zero-order chi connectivity index (χ0) is 10.6. The minimum absolute atomic E-state index is 0.222. The van der Waals surface area contributed by atoms with Crippen molar-refractivity contribution in [1.29, 1.82) is 0 Å². The molecule has 0 aromatic rings. The van der Waals surface area contributed by atoms with Gasteiger partial charge in [-0.15, -0.1) is 0 Å². The molecule has 0 spiro atoms. The van der Waals surface area contributed by atoms with Gasteiger partial charge in [0.15, 0.2) is 5.76 Å². The molecule has 2 N–H and O–H groups in total. The van der Waals surface area contributed by atoms with E-state index in [0.717, 1.165) is 5.57 Å². The largest absolute Gasteiger partial charge is 0.504 e. The third kappa shape index (κ3) is 2.13.